The smallest absolute Gasteiger partial charge is 0.146 e. The number of rotatable bonds is 3. The second-order valence-electron chi connectivity index (χ2n) is 10.8. The van der Waals surface area contributed by atoms with Gasteiger partial charge in [0.1, 0.15) is 5.65 Å². The van der Waals surface area contributed by atoms with Gasteiger partial charge < -0.3 is 4.34 Å². The molecule has 3 heterocycles. The number of hydrogen-bond donors (Lipinski definition) is 0. The molecule has 0 saturated heterocycles. The van der Waals surface area contributed by atoms with E-state index in [1.807, 2.05) is 0 Å². The second kappa shape index (κ2) is 8.87. The molecule has 0 amide bonds. The minimum Gasteiger partial charge on any atom is -0.304 e. The van der Waals surface area contributed by atoms with Crippen LogP contribution in [-0.4, -0.2) is 13.7 Å². The van der Waals surface area contributed by atoms with Crippen LogP contribution in [0.15, 0.2) is 146 Å². The molecule has 9 rings (SSSR count). The van der Waals surface area contributed by atoms with E-state index in [9.17, 15) is 0 Å². The number of nitrogens with zero attached hydrogens (tertiary/aromatic N) is 3. The third kappa shape index (κ3) is 3.17. The molecule has 3 nitrogen and oxygen atoms in total. The van der Waals surface area contributed by atoms with Crippen molar-refractivity contribution in [1.29, 1.82) is 0 Å². The SMILES string of the molecule is S=P(c1ccccc1)(c1ccc2nc3c4ccccc4c4ccccc4n3c2c1)n1c2ccccc2c2ccccc21. The first-order chi connectivity index (χ1) is 20.7. The van der Waals surface area contributed by atoms with Gasteiger partial charge in [-0.15, -0.1) is 0 Å². The van der Waals surface area contributed by atoms with Crippen molar-refractivity contribution in [2.24, 2.45) is 0 Å². The molecule has 3 aromatic heterocycles. The van der Waals surface area contributed by atoms with Gasteiger partial charge >= 0.3 is 0 Å². The summed E-state index contributed by atoms with van der Waals surface area (Å²) in [6.45, 7) is 0. The molecule has 0 fully saturated rings. The van der Waals surface area contributed by atoms with Crippen molar-refractivity contribution in [3.63, 3.8) is 0 Å². The lowest BCUT2D eigenvalue weighted by molar-refractivity contribution is 1.32. The zero-order chi connectivity index (χ0) is 27.8. The summed E-state index contributed by atoms with van der Waals surface area (Å²) in [6, 6.07) is 51.9. The number of hydrogen-bond acceptors (Lipinski definition) is 2. The first-order valence-corrected chi connectivity index (χ1v) is 16.9. The third-order valence-electron chi connectivity index (χ3n) is 8.53. The van der Waals surface area contributed by atoms with Crippen molar-refractivity contribution in [2.75, 3.05) is 0 Å². The summed E-state index contributed by atoms with van der Waals surface area (Å²) in [7, 11) is 0. The monoisotopic (exact) mass is 573 g/mol. The van der Waals surface area contributed by atoms with Gasteiger partial charge in [0.15, 0.2) is 0 Å². The highest BCUT2D eigenvalue weighted by molar-refractivity contribution is 8.21. The molecule has 0 N–H and O–H groups in total. The van der Waals surface area contributed by atoms with Crippen molar-refractivity contribution in [3.05, 3.63) is 146 Å². The Morgan fingerprint density at radius 1 is 0.452 bits per heavy atom. The normalized spacial score (nSPS) is 13.5. The maximum Gasteiger partial charge on any atom is 0.146 e. The number of benzene rings is 6. The van der Waals surface area contributed by atoms with Crippen LogP contribution in [0.5, 0.6) is 0 Å². The fourth-order valence-corrected chi connectivity index (χ4v) is 10.8. The maximum atomic E-state index is 6.99. The molecule has 42 heavy (non-hydrogen) atoms. The fourth-order valence-electron chi connectivity index (χ4n) is 6.70. The van der Waals surface area contributed by atoms with Gasteiger partial charge in [-0.2, -0.15) is 0 Å². The van der Waals surface area contributed by atoms with Gasteiger partial charge in [-0.25, -0.2) is 4.98 Å². The van der Waals surface area contributed by atoms with Gasteiger partial charge in [0, 0.05) is 32.2 Å². The van der Waals surface area contributed by atoms with E-state index in [0.29, 0.717) is 0 Å². The van der Waals surface area contributed by atoms with E-state index in [1.165, 1.54) is 32.6 Å². The molecule has 0 bridgehead atoms. The Morgan fingerprint density at radius 3 is 1.64 bits per heavy atom. The Kier molecular flexibility index (Phi) is 5.05. The van der Waals surface area contributed by atoms with Crippen molar-refractivity contribution < 1.29 is 0 Å². The lowest BCUT2D eigenvalue weighted by Gasteiger charge is -2.27. The van der Waals surface area contributed by atoms with E-state index in [4.69, 9.17) is 16.8 Å². The number of fused-ring (bicyclic) bond motifs is 11. The minimum atomic E-state index is -2.58. The van der Waals surface area contributed by atoms with Gasteiger partial charge in [-0.1, -0.05) is 121 Å². The molecule has 0 saturated carbocycles. The summed E-state index contributed by atoms with van der Waals surface area (Å²) in [5, 5.41) is 8.35. The van der Waals surface area contributed by atoms with Crippen molar-refractivity contribution in [2.45, 2.75) is 0 Å². The molecule has 198 valence electrons. The topological polar surface area (TPSA) is 22.2 Å². The Labute approximate surface area is 247 Å². The molecular weight excluding hydrogens is 549 g/mol. The standard InChI is InChI=1S/C37H24N3PS/c42-41(25-12-2-1-3-13-25,40-34-20-10-7-16-29(34)30-17-8-11-21-35(30)40)26-22-23-32-36(24-26)39-33-19-9-6-15-28(33)27-14-4-5-18-31(27)37(39)38-32/h1-24H. The second-order valence-corrected chi connectivity index (χ2v) is 14.9. The Morgan fingerprint density at radius 2 is 0.976 bits per heavy atom. The Hall–Kier alpha value is -4.76. The lowest BCUT2D eigenvalue weighted by atomic mass is 10.1. The molecule has 0 aliphatic heterocycles. The van der Waals surface area contributed by atoms with Crippen LogP contribution in [-0.2, 0) is 11.8 Å². The van der Waals surface area contributed by atoms with Crippen molar-refractivity contribution in [3.8, 4) is 0 Å². The van der Waals surface area contributed by atoms with Crippen LogP contribution in [0.2, 0.25) is 0 Å². The Bertz CT molecular complexity index is 2510. The van der Waals surface area contributed by atoms with Crippen LogP contribution in [0.1, 0.15) is 0 Å². The predicted octanol–water partition coefficient (Wildman–Crippen LogP) is 8.80. The van der Waals surface area contributed by atoms with E-state index >= 15 is 0 Å². The average molecular weight is 574 g/mol. The van der Waals surface area contributed by atoms with Gasteiger partial charge in [-0.3, -0.25) is 4.40 Å². The quantitative estimate of drug-likeness (QED) is 0.156. The van der Waals surface area contributed by atoms with Gasteiger partial charge in [0.25, 0.3) is 0 Å². The maximum absolute atomic E-state index is 6.99. The first-order valence-electron chi connectivity index (χ1n) is 14.1. The van der Waals surface area contributed by atoms with E-state index in [0.717, 1.165) is 38.2 Å². The van der Waals surface area contributed by atoms with Crippen molar-refractivity contribution >= 4 is 88.8 Å². The number of para-hydroxylation sites is 3. The molecule has 5 heteroatoms. The number of pyridine rings is 1. The van der Waals surface area contributed by atoms with E-state index in [1.54, 1.807) is 0 Å². The third-order valence-corrected chi connectivity index (χ3v) is 13.3. The minimum absolute atomic E-state index is 0.970. The first kappa shape index (κ1) is 23.9. The predicted molar refractivity (Wildman–Crippen MR) is 183 cm³/mol. The summed E-state index contributed by atoms with van der Waals surface area (Å²) in [6.07, 6.45) is -2.58. The van der Waals surface area contributed by atoms with E-state index < -0.39 is 6.19 Å². The lowest BCUT2D eigenvalue weighted by Crippen LogP contribution is -2.21. The zero-order valence-corrected chi connectivity index (χ0v) is 24.3. The molecule has 0 spiro atoms. The molecular formula is C37H24N3PS. The largest absolute Gasteiger partial charge is 0.304 e. The van der Waals surface area contributed by atoms with Gasteiger partial charge in [0.2, 0.25) is 0 Å². The molecule has 1 unspecified atom stereocenters. The summed E-state index contributed by atoms with van der Waals surface area (Å²) < 4.78 is 4.78. The molecule has 1 atom stereocenters. The summed E-state index contributed by atoms with van der Waals surface area (Å²) in [5.74, 6) is 0. The molecule has 6 aromatic carbocycles. The van der Waals surface area contributed by atoms with Crippen LogP contribution in [0, 0.1) is 0 Å². The molecule has 0 aliphatic rings. The highest BCUT2D eigenvalue weighted by atomic mass is 32.4. The summed E-state index contributed by atoms with van der Waals surface area (Å²) in [4.78, 5) is 5.19. The van der Waals surface area contributed by atoms with E-state index in [2.05, 4.69) is 154 Å². The molecule has 0 aliphatic carbocycles. The summed E-state index contributed by atoms with van der Waals surface area (Å²) >= 11 is 6.99. The van der Waals surface area contributed by atoms with Crippen LogP contribution >= 0.6 is 6.19 Å². The van der Waals surface area contributed by atoms with Crippen LogP contribution in [0.4, 0.5) is 0 Å². The number of aromatic nitrogens is 3. The zero-order valence-electron chi connectivity index (χ0n) is 22.6. The van der Waals surface area contributed by atoms with Crippen LogP contribution < -0.4 is 10.6 Å². The Balaban J connectivity index is 1.45. The van der Waals surface area contributed by atoms with Crippen LogP contribution in [0.3, 0.4) is 0 Å². The van der Waals surface area contributed by atoms with Crippen LogP contribution in [0.25, 0.3) is 60.2 Å². The van der Waals surface area contributed by atoms with Gasteiger partial charge in [0.05, 0.1) is 33.8 Å². The highest BCUT2D eigenvalue weighted by Gasteiger charge is 2.29. The summed E-state index contributed by atoms with van der Waals surface area (Å²) in [5.41, 5.74) is 6.51. The molecule has 9 aromatic rings. The number of imidazole rings is 1. The molecule has 0 radical (unpaired) electrons. The highest BCUT2D eigenvalue weighted by Crippen LogP contribution is 2.51. The van der Waals surface area contributed by atoms with E-state index in [-0.39, 0.29) is 0 Å². The average Bonchev–Trinajstić information content (AvgIpc) is 3.62. The van der Waals surface area contributed by atoms with Crippen molar-refractivity contribution in [1.82, 2.24) is 13.7 Å². The fraction of sp³-hybridized carbons (Fsp3) is 0. The van der Waals surface area contributed by atoms with Gasteiger partial charge in [-0.05, 0) is 41.8 Å².